The van der Waals surface area contributed by atoms with Gasteiger partial charge in [0, 0.05) is 20.2 Å². The molecule has 0 saturated carbocycles. The molecule has 1 aliphatic rings. The summed E-state index contributed by atoms with van der Waals surface area (Å²) < 4.78 is 17.5. The van der Waals surface area contributed by atoms with E-state index in [4.69, 9.17) is 10.5 Å². The molecule has 11 heteroatoms. The van der Waals surface area contributed by atoms with Crippen molar-refractivity contribution in [3.05, 3.63) is 0 Å². The highest BCUT2D eigenvalue weighted by Crippen LogP contribution is 2.56. The van der Waals surface area contributed by atoms with Gasteiger partial charge in [-0.25, -0.2) is 0 Å². The van der Waals surface area contributed by atoms with E-state index in [1.165, 1.54) is 11.8 Å². The number of rotatable bonds is 7. The molecule has 1 aromatic rings. The van der Waals surface area contributed by atoms with Crippen LogP contribution in [0.2, 0.25) is 0 Å². The second-order valence-corrected chi connectivity index (χ2v) is 7.62. The van der Waals surface area contributed by atoms with Crippen LogP contribution in [0.1, 0.15) is 27.2 Å². The predicted octanol–water partition coefficient (Wildman–Crippen LogP) is 0.982. The van der Waals surface area contributed by atoms with Crippen molar-refractivity contribution in [1.29, 1.82) is 0 Å². The van der Waals surface area contributed by atoms with Crippen molar-refractivity contribution in [2.24, 2.45) is 0 Å². The molecule has 0 amide bonds. The van der Waals surface area contributed by atoms with E-state index >= 15 is 0 Å². The highest BCUT2D eigenvalue weighted by Gasteiger charge is 2.52. The van der Waals surface area contributed by atoms with Gasteiger partial charge in [-0.3, -0.25) is 9.46 Å². The fourth-order valence-electron chi connectivity index (χ4n) is 2.69. The number of ether oxygens (including phenoxy) is 1. The first-order valence-corrected chi connectivity index (χ1v) is 9.36. The number of anilines is 4. The van der Waals surface area contributed by atoms with Crippen LogP contribution in [0.15, 0.2) is 0 Å². The fraction of sp³-hybridized carbons (Fsp3) is 0.692. The molecule has 2 heterocycles. The Labute approximate surface area is 141 Å². The van der Waals surface area contributed by atoms with Crippen molar-refractivity contribution < 1.29 is 19.1 Å². The smallest absolute Gasteiger partial charge is 0.368 e. The zero-order valence-corrected chi connectivity index (χ0v) is 15.2. The number of nitrogen functional groups attached to an aromatic ring is 1. The molecule has 0 fully saturated rings. The van der Waals surface area contributed by atoms with Crippen LogP contribution in [0.5, 0.6) is 0 Å². The van der Waals surface area contributed by atoms with Crippen molar-refractivity contribution in [1.82, 2.24) is 9.97 Å². The van der Waals surface area contributed by atoms with Crippen molar-refractivity contribution >= 4 is 30.9 Å². The van der Waals surface area contributed by atoms with E-state index in [0.717, 1.165) is 13.0 Å². The second kappa shape index (κ2) is 6.72. The van der Waals surface area contributed by atoms with Crippen LogP contribution in [-0.4, -0.2) is 52.1 Å². The van der Waals surface area contributed by atoms with Gasteiger partial charge in [0.1, 0.15) is 5.69 Å². The first kappa shape index (κ1) is 18.7. The summed E-state index contributed by atoms with van der Waals surface area (Å²) in [7, 11) is -2.75. The predicted molar refractivity (Wildman–Crippen MR) is 93.0 cm³/mol. The number of nitrogens with zero attached hydrogens (tertiary/aromatic N) is 4. The van der Waals surface area contributed by atoms with Crippen LogP contribution in [0.25, 0.3) is 0 Å². The highest BCUT2D eigenvalue weighted by atomic mass is 31.2. The van der Waals surface area contributed by atoms with Gasteiger partial charge >= 0.3 is 7.60 Å². The molecule has 136 valence electrons. The second-order valence-electron chi connectivity index (χ2n) is 5.70. The Morgan fingerprint density at radius 1 is 1.46 bits per heavy atom. The quantitative estimate of drug-likeness (QED) is 0.521. The van der Waals surface area contributed by atoms with E-state index in [1.54, 1.807) is 6.92 Å². The lowest BCUT2D eigenvalue weighted by atomic mass is 10.3. The molecule has 5 N–H and O–H groups in total. The Morgan fingerprint density at radius 3 is 2.67 bits per heavy atom. The number of aromatic nitrogens is 2. The fourth-order valence-corrected chi connectivity index (χ4v) is 3.47. The van der Waals surface area contributed by atoms with E-state index < -0.39 is 13.1 Å². The third kappa shape index (κ3) is 3.14. The standard InChI is InChI=1S/C13H25N6O4P/c1-5-7-18(4)10-9-11(17-12(14)16-10)19(8-15-9)13(3,23-6-2)24(20,21)22/h15H,5-8H2,1-4H3,(H2,14,16,17)(H2,20,21,22)/t13-/m1/s1. The molecule has 2 rings (SSSR count). The number of fused-ring (bicyclic) bond motifs is 1. The summed E-state index contributed by atoms with van der Waals surface area (Å²) in [5, 5.41) is 3.10. The van der Waals surface area contributed by atoms with Crippen LogP contribution in [0.3, 0.4) is 0 Å². The average Bonchev–Trinajstić information content (AvgIpc) is 2.89. The Kier molecular flexibility index (Phi) is 5.24. The van der Waals surface area contributed by atoms with E-state index in [9.17, 15) is 14.4 Å². The molecular weight excluding hydrogens is 335 g/mol. The third-order valence-electron chi connectivity index (χ3n) is 3.94. The van der Waals surface area contributed by atoms with Gasteiger partial charge in [-0.15, -0.1) is 0 Å². The Bertz CT molecular complexity index is 654. The summed E-state index contributed by atoms with van der Waals surface area (Å²) in [6.45, 7) is 6.08. The molecule has 1 atom stereocenters. The van der Waals surface area contributed by atoms with Gasteiger partial charge in [0.05, 0.1) is 6.67 Å². The summed E-state index contributed by atoms with van der Waals surface area (Å²) in [6, 6.07) is 0. The molecule has 0 bridgehead atoms. The molecule has 10 nitrogen and oxygen atoms in total. The Balaban J connectivity index is 2.54. The van der Waals surface area contributed by atoms with Gasteiger partial charge in [0.25, 0.3) is 0 Å². The first-order valence-electron chi connectivity index (χ1n) is 7.75. The summed E-state index contributed by atoms with van der Waals surface area (Å²) in [5.41, 5.74) is 4.55. The van der Waals surface area contributed by atoms with Crippen LogP contribution >= 0.6 is 7.60 Å². The molecule has 0 radical (unpaired) electrons. The highest BCUT2D eigenvalue weighted by molar-refractivity contribution is 7.53. The lowest BCUT2D eigenvalue weighted by Crippen LogP contribution is -2.48. The average molecular weight is 360 g/mol. The summed E-state index contributed by atoms with van der Waals surface area (Å²) in [4.78, 5) is 31.4. The molecule has 0 spiro atoms. The monoisotopic (exact) mass is 360 g/mol. The van der Waals surface area contributed by atoms with E-state index in [2.05, 4.69) is 15.3 Å². The summed E-state index contributed by atoms with van der Waals surface area (Å²) in [6.07, 6.45) is 0.915. The first-order chi connectivity index (χ1) is 11.2. The molecule has 0 aromatic carbocycles. The van der Waals surface area contributed by atoms with Gasteiger partial charge < -0.3 is 30.5 Å². The number of nitrogens with two attached hydrogens (primary N) is 1. The van der Waals surface area contributed by atoms with Crippen molar-refractivity contribution in [2.75, 3.05) is 47.7 Å². The summed E-state index contributed by atoms with van der Waals surface area (Å²) >= 11 is 0. The molecule has 24 heavy (non-hydrogen) atoms. The van der Waals surface area contributed by atoms with Crippen LogP contribution < -0.4 is 20.9 Å². The molecule has 0 saturated heterocycles. The molecular formula is C13H25N6O4P. The SMILES string of the molecule is CCCN(C)c1nc(N)nc2c1NCN2[C@](C)(OCC)P(=O)(O)O. The van der Waals surface area contributed by atoms with E-state index in [-0.39, 0.29) is 19.2 Å². The largest absolute Gasteiger partial charge is 0.377 e. The van der Waals surface area contributed by atoms with Gasteiger partial charge in [0.15, 0.2) is 11.6 Å². The minimum absolute atomic E-state index is 0.0324. The number of hydrogen-bond acceptors (Lipinski definition) is 8. The van der Waals surface area contributed by atoms with Crippen LogP contribution in [-0.2, 0) is 9.30 Å². The third-order valence-corrected chi connectivity index (χ3v) is 5.39. The molecule has 0 aliphatic carbocycles. The lowest BCUT2D eigenvalue weighted by Gasteiger charge is -2.38. The van der Waals surface area contributed by atoms with Crippen molar-refractivity contribution in [3.8, 4) is 0 Å². The van der Waals surface area contributed by atoms with Crippen molar-refractivity contribution in [3.63, 3.8) is 0 Å². The van der Waals surface area contributed by atoms with Crippen LogP contribution in [0, 0.1) is 0 Å². The van der Waals surface area contributed by atoms with Gasteiger partial charge in [0.2, 0.25) is 11.4 Å². The van der Waals surface area contributed by atoms with Crippen LogP contribution in [0.4, 0.5) is 23.3 Å². The Morgan fingerprint density at radius 2 is 2.12 bits per heavy atom. The summed E-state index contributed by atoms with van der Waals surface area (Å²) in [5.74, 6) is 0.941. The zero-order valence-electron chi connectivity index (χ0n) is 14.4. The van der Waals surface area contributed by atoms with Gasteiger partial charge in [-0.2, -0.15) is 9.97 Å². The van der Waals surface area contributed by atoms with E-state index in [0.29, 0.717) is 17.3 Å². The maximum absolute atomic E-state index is 12.1. The topological polar surface area (TPSA) is 137 Å². The Hall–Kier alpha value is -1.61. The number of nitrogens with one attached hydrogen (secondary N) is 1. The zero-order chi connectivity index (χ0) is 18.1. The normalized spacial score (nSPS) is 16.5. The van der Waals surface area contributed by atoms with Crippen molar-refractivity contribution in [2.45, 2.75) is 32.7 Å². The van der Waals surface area contributed by atoms with Gasteiger partial charge in [-0.05, 0) is 20.3 Å². The minimum Gasteiger partial charge on any atom is -0.368 e. The molecule has 0 unspecified atom stereocenters. The number of hydrogen-bond donors (Lipinski definition) is 4. The maximum atomic E-state index is 12.1. The van der Waals surface area contributed by atoms with E-state index in [1.807, 2.05) is 18.9 Å². The lowest BCUT2D eigenvalue weighted by molar-refractivity contribution is 0.0185. The minimum atomic E-state index is -4.63. The molecule has 1 aromatic heterocycles. The molecule has 1 aliphatic heterocycles. The van der Waals surface area contributed by atoms with Gasteiger partial charge in [-0.1, -0.05) is 6.92 Å². The maximum Gasteiger partial charge on any atom is 0.377 e.